The molecule has 2 nitrogen and oxygen atoms in total. The van der Waals surface area contributed by atoms with E-state index in [2.05, 4.69) is 4.90 Å². The highest BCUT2D eigenvalue weighted by Crippen LogP contribution is 2.27. The summed E-state index contributed by atoms with van der Waals surface area (Å²) in [5, 5.41) is 0. The first-order valence-corrected chi connectivity index (χ1v) is 6.00. The van der Waals surface area contributed by atoms with Gasteiger partial charge in [-0.15, -0.1) is 0 Å². The predicted octanol–water partition coefficient (Wildman–Crippen LogP) is 2.45. The quantitative estimate of drug-likeness (QED) is 0.860. The number of likely N-dealkylation sites (N-methyl/N-ethyl adjacent to an activating group) is 1. The van der Waals surface area contributed by atoms with E-state index in [4.69, 9.17) is 5.73 Å². The van der Waals surface area contributed by atoms with Crippen LogP contribution in [0.5, 0.6) is 0 Å². The number of nitrogens with two attached hydrogens (primary N) is 1. The summed E-state index contributed by atoms with van der Waals surface area (Å²) in [5.74, 6) is -1.10. The van der Waals surface area contributed by atoms with Crippen LogP contribution in [0.25, 0.3) is 0 Å². The van der Waals surface area contributed by atoms with Gasteiger partial charge < -0.3 is 10.6 Å². The molecule has 2 atom stereocenters. The zero-order valence-electron chi connectivity index (χ0n) is 10.00. The molecule has 1 heterocycles. The zero-order chi connectivity index (χ0) is 12.4. The SMILES string of the molecule is CN1CCCCC1C(N)c1ccc(F)cc1F. The van der Waals surface area contributed by atoms with Crippen LogP contribution in [0.2, 0.25) is 0 Å². The van der Waals surface area contributed by atoms with E-state index < -0.39 is 11.6 Å². The number of hydrogen-bond donors (Lipinski definition) is 1. The van der Waals surface area contributed by atoms with Crippen LogP contribution in [0.15, 0.2) is 18.2 Å². The molecule has 17 heavy (non-hydrogen) atoms. The molecule has 2 N–H and O–H groups in total. The third-order valence-electron chi connectivity index (χ3n) is 3.56. The molecule has 1 aliphatic rings. The lowest BCUT2D eigenvalue weighted by Crippen LogP contribution is -2.43. The van der Waals surface area contributed by atoms with Crippen LogP contribution in [0, 0.1) is 11.6 Å². The normalized spacial score (nSPS) is 23.6. The monoisotopic (exact) mass is 240 g/mol. The molecule has 0 aliphatic carbocycles. The van der Waals surface area contributed by atoms with Gasteiger partial charge in [-0.25, -0.2) is 8.78 Å². The van der Waals surface area contributed by atoms with Crippen LogP contribution >= 0.6 is 0 Å². The van der Waals surface area contributed by atoms with Crippen molar-refractivity contribution in [3.05, 3.63) is 35.4 Å². The summed E-state index contributed by atoms with van der Waals surface area (Å²) in [5.41, 5.74) is 6.51. The van der Waals surface area contributed by atoms with E-state index in [1.165, 1.54) is 12.1 Å². The van der Waals surface area contributed by atoms with E-state index in [0.717, 1.165) is 31.9 Å². The van der Waals surface area contributed by atoms with Gasteiger partial charge in [-0.2, -0.15) is 0 Å². The summed E-state index contributed by atoms with van der Waals surface area (Å²) in [6.45, 7) is 0.987. The molecular weight excluding hydrogens is 222 g/mol. The summed E-state index contributed by atoms with van der Waals surface area (Å²) in [6, 6.07) is 3.38. The smallest absolute Gasteiger partial charge is 0.130 e. The number of benzene rings is 1. The fourth-order valence-corrected chi connectivity index (χ4v) is 2.53. The molecule has 4 heteroatoms. The lowest BCUT2D eigenvalue weighted by atomic mass is 9.91. The number of likely N-dealkylation sites (tertiary alicyclic amines) is 1. The molecule has 0 saturated carbocycles. The second-order valence-electron chi connectivity index (χ2n) is 4.74. The van der Waals surface area contributed by atoms with Gasteiger partial charge in [-0.05, 0) is 32.5 Å². The van der Waals surface area contributed by atoms with Crippen molar-refractivity contribution >= 4 is 0 Å². The van der Waals surface area contributed by atoms with Gasteiger partial charge in [0.05, 0.1) is 0 Å². The van der Waals surface area contributed by atoms with Crippen molar-refractivity contribution in [2.45, 2.75) is 31.3 Å². The van der Waals surface area contributed by atoms with Crippen molar-refractivity contribution in [1.82, 2.24) is 4.90 Å². The molecule has 94 valence electrons. The van der Waals surface area contributed by atoms with Gasteiger partial charge in [-0.1, -0.05) is 12.5 Å². The summed E-state index contributed by atoms with van der Waals surface area (Å²) in [7, 11) is 2.01. The van der Waals surface area contributed by atoms with E-state index >= 15 is 0 Å². The van der Waals surface area contributed by atoms with Crippen LogP contribution in [-0.4, -0.2) is 24.5 Å². The Bertz CT molecular complexity index is 395. The van der Waals surface area contributed by atoms with Gasteiger partial charge in [0.15, 0.2) is 0 Å². The van der Waals surface area contributed by atoms with Crippen molar-refractivity contribution in [3.8, 4) is 0 Å². The summed E-state index contributed by atoms with van der Waals surface area (Å²) < 4.78 is 26.5. The minimum absolute atomic E-state index is 0.142. The molecule has 1 aromatic carbocycles. The molecule has 2 rings (SSSR count). The standard InChI is InChI=1S/C13H18F2N2/c1-17-7-3-2-4-12(17)13(16)10-6-5-9(14)8-11(10)15/h5-6,8,12-13H,2-4,7,16H2,1H3. The molecule has 0 aromatic heterocycles. The molecule has 0 bridgehead atoms. The first kappa shape index (κ1) is 12.5. The Kier molecular flexibility index (Phi) is 3.74. The van der Waals surface area contributed by atoms with E-state index in [0.29, 0.717) is 5.56 Å². The fourth-order valence-electron chi connectivity index (χ4n) is 2.53. The van der Waals surface area contributed by atoms with Crippen molar-refractivity contribution in [2.24, 2.45) is 5.73 Å². The molecule has 1 aliphatic heterocycles. The Morgan fingerprint density at radius 3 is 2.76 bits per heavy atom. The molecule has 0 radical (unpaired) electrons. The highest BCUT2D eigenvalue weighted by molar-refractivity contribution is 5.23. The van der Waals surface area contributed by atoms with E-state index in [1.807, 2.05) is 7.05 Å². The van der Waals surface area contributed by atoms with Crippen LogP contribution in [-0.2, 0) is 0 Å². The number of hydrogen-bond acceptors (Lipinski definition) is 2. The number of piperidine rings is 1. The molecule has 2 unspecified atom stereocenters. The summed E-state index contributed by atoms with van der Waals surface area (Å²) >= 11 is 0. The second-order valence-corrected chi connectivity index (χ2v) is 4.74. The molecule has 1 saturated heterocycles. The lowest BCUT2D eigenvalue weighted by molar-refractivity contribution is 0.158. The van der Waals surface area contributed by atoms with Gasteiger partial charge in [0.2, 0.25) is 0 Å². The Hall–Kier alpha value is -1.00. The minimum Gasteiger partial charge on any atom is -0.323 e. The highest BCUT2D eigenvalue weighted by Gasteiger charge is 2.27. The second kappa shape index (κ2) is 5.10. The average molecular weight is 240 g/mol. The number of rotatable bonds is 2. The highest BCUT2D eigenvalue weighted by atomic mass is 19.1. The zero-order valence-corrected chi connectivity index (χ0v) is 10.00. The Morgan fingerprint density at radius 1 is 1.35 bits per heavy atom. The molecule has 0 amide bonds. The van der Waals surface area contributed by atoms with Crippen molar-refractivity contribution in [3.63, 3.8) is 0 Å². The Balaban J connectivity index is 2.20. The van der Waals surface area contributed by atoms with Gasteiger partial charge in [0.25, 0.3) is 0 Å². The number of nitrogens with zero attached hydrogens (tertiary/aromatic N) is 1. The van der Waals surface area contributed by atoms with Gasteiger partial charge in [0, 0.05) is 23.7 Å². The van der Waals surface area contributed by atoms with Crippen molar-refractivity contribution in [1.29, 1.82) is 0 Å². The topological polar surface area (TPSA) is 29.3 Å². The van der Waals surface area contributed by atoms with Gasteiger partial charge in [0.1, 0.15) is 11.6 Å². The first-order chi connectivity index (χ1) is 8.09. The maximum atomic E-state index is 13.6. The lowest BCUT2D eigenvalue weighted by Gasteiger charge is -2.36. The molecule has 0 spiro atoms. The minimum atomic E-state index is -0.560. The predicted molar refractivity (Wildman–Crippen MR) is 63.6 cm³/mol. The molecule has 1 aromatic rings. The van der Waals surface area contributed by atoms with Gasteiger partial charge >= 0.3 is 0 Å². The molecule has 1 fully saturated rings. The van der Waals surface area contributed by atoms with Crippen molar-refractivity contribution in [2.75, 3.05) is 13.6 Å². The van der Waals surface area contributed by atoms with Gasteiger partial charge in [-0.3, -0.25) is 0 Å². The summed E-state index contributed by atoms with van der Waals surface area (Å²) in [4.78, 5) is 2.16. The van der Waals surface area contributed by atoms with E-state index in [9.17, 15) is 8.78 Å². The average Bonchev–Trinajstić information content (AvgIpc) is 2.29. The first-order valence-electron chi connectivity index (χ1n) is 6.00. The van der Waals surface area contributed by atoms with E-state index in [1.54, 1.807) is 0 Å². The Morgan fingerprint density at radius 2 is 2.12 bits per heavy atom. The fraction of sp³-hybridized carbons (Fsp3) is 0.538. The van der Waals surface area contributed by atoms with Crippen LogP contribution in [0.3, 0.4) is 0 Å². The largest absolute Gasteiger partial charge is 0.323 e. The van der Waals surface area contributed by atoms with Crippen LogP contribution < -0.4 is 5.73 Å². The Labute approximate surface area is 100 Å². The molecular formula is C13H18F2N2. The van der Waals surface area contributed by atoms with Crippen LogP contribution in [0.1, 0.15) is 30.9 Å². The van der Waals surface area contributed by atoms with Crippen molar-refractivity contribution < 1.29 is 8.78 Å². The third kappa shape index (κ3) is 2.64. The third-order valence-corrected chi connectivity index (χ3v) is 3.56. The van der Waals surface area contributed by atoms with Crippen LogP contribution in [0.4, 0.5) is 8.78 Å². The number of halogens is 2. The summed E-state index contributed by atoms with van der Waals surface area (Å²) in [6.07, 6.45) is 3.24. The maximum absolute atomic E-state index is 13.6. The maximum Gasteiger partial charge on any atom is 0.130 e. The van der Waals surface area contributed by atoms with E-state index in [-0.39, 0.29) is 12.1 Å².